The zero-order valence-electron chi connectivity index (χ0n) is 14.7. The van der Waals surface area contributed by atoms with Gasteiger partial charge in [-0.1, -0.05) is 0 Å². The summed E-state index contributed by atoms with van der Waals surface area (Å²) in [5.41, 5.74) is 0.788. The summed E-state index contributed by atoms with van der Waals surface area (Å²) in [5, 5.41) is 3.05. The van der Waals surface area contributed by atoms with Crippen molar-refractivity contribution in [2.75, 3.05) is 54.4 Å². The number of piperazine rings is 1. The average molecular weight is 353 g/mol. The molecule has 2 saturated heterocycles. The highest BCUT2D eigenvalue weighted by molar-refractivity contribution is 5.92. The Bertz CT molecular complexity index is 740. The Morgan fingerprint density at radius 3 is 2.46 bits per heavy atom. The number of aromatic nitrogens is 3. The molecule has 2 aromatic heterocycles. The van der Waals surface area contributed by atoms with Crippen LogP contribution in [0.3, 0.4) is 0 Å². The highest BCUT2D eigenvalue weighted by Crippen LogP contribution is 2.26. The van der Waals surface area contributed by atoms with Crippen molar-refractivity contribution in [3.8, 4) is 0 Å². The van der Waals surface area contributed by atoms with E-state index in [-0.39, 0.29) is 6.03 Å². The number of pyridine rings is 1. The van der Waals surface area contributed by atoms with Gasteiger partial charge in [-0.2, -0.15) is 0 Å². The van der Waals surface area contributed by atoms with Gasteiger partial charge in [0.15, 0.2) is 5.82 Å². The smallest absolute Gasteiger partial charge is 0.322 e. The standard InChI is InChI=1S/C18H23N7O/c26-18(22-15-4-3-5-21-17(15)24-8-1-2-9-24)25-12-10-23(11-13-25)16-14-19-6-7-20-16/h3-7,14H,1-2,8-13H2,(H,22,26). The first-order chi connectivity index (χ1) is 12.8. The molecule has 0 spiro atoms. The van der Waals surface area contributed by atoms with Crippen molar-refractivity contribution in [1.29, 1.82) is 0 Å². The fraction of sp³-hybridized carbons (Fsp3) is 0.444. The van der Waals surface area contributed by atoms with Crippen LogP contribution in [0.4, 0.5) is 22.1 Å². The Hall–Kier alpha value is -2.90. The van der Waals surface area contributed by atoms with Crippen molar-refractivity contribution in [3.63, 3.8) is 0 Å². The molecule has 8 nitrogen and oxygen atoms in total. The van der Waals surface area contributed by atoms with Crippen LogP contribution in [-0.4, -0.2) is 65.2 Å². The van der Waals surface area contributed by atoms with Crippen LogP contribution in [0, 0.1) is 0 Å². The molecule has 136 valence electrons. The summed E-state index contributed by atoms with van der Waals surface area (Å²) in [6.07, 6.45) is 9.25. The van der Waals surface area contributed by atoms with Crippen LogP contribution in [-0.2, 0) is 0 Å². The predicted molar refractivity (Wildman–Crippen MR) is 101 cm³/mol. The summed E-state index contributed by atoms with van der Waals surface area (Å²) in [6.45, 7) is 4.80. The topological polar surface area (TPSA) is 77.5 Å². The Morgan fingerprint density at radius 2 is 1.73 bits per heavy atom. The minimum atomic E-state index is -0.0720. The van der Waals surface area contributed by atoms with E-state index in [0.717, 1.165) is 43.5 Å². The van der Waals surface area contributed by atoms with Crippen molar-refractivity contribution >= 4 is 23.4 Å². The Kier molecular flexibility index (Phi) is 4.81. The van der Waals surface area contributed by atoms with Crippen LogP contribution >= 0.6 is 0 Å². The number of hydrogen-bond acceptors (Lipinski definition) is 6. The van der Waals surface area contributed by atoms with E-state index in [9.17, 15) is 4.79 Å². The number of nitrogens with zero attached hydrogens (tertiary/aromatic N) is 6. The van der Waals surface area contributed by atoms with Crippen LogP contribution in [0.25, 0.3) is 0 Å². The van der Waals surface area contributed by atoms with Gasteiger partial charge in [-0.3, -0.25) is 4.98 Å². The quantitative estimate of drug-likeness (QED) is 0.907. The minimum Gasteiger partial charge on any atom is -0.355 e. The predicted octanol–water partition coefficient (Wildman–Crippen LogP) is 1.83. The number of carbonyl (C=O) groups is 1. The zero-order chi connectivity index (χ0) is 17.8. The van der Waals surface area contributed by atoms with Crippen LogP contribution in [0.15, 0.2) is 36.9 Å². The number of carbonyl (C=O) groups excluding carboxylic acids is 1. The Labute approximate surface area is 152 Å². The molecule has 0 atom stereocenters. The summed E-state index contributed by atoms with van der Waals surface area (Å²) >= 11 is 0. The fourth-order valence-corrected chi connectivity index (χ4v) is 3.46. The first-order valence-corrected chi connectivity index (χ1v) is 9.08. The van der Waals surface area contributed by atoms with E-state index in [1.807, 2.05) is 17.0 Å². The summed E-state index contributed by atoms with van der Waals surface area (Å²) in [6, 6.07) is 3.72. The molecule has 4 rings (SSSR count). The van der Waals surface area contributed by atoms with Gasteiger partial charge in [-0.25, -0.2) is 14.8 Å². The molecule has 0 saturated carbocycles. The number of rotatable bonds is 3. The van der Waals surface area contributed by atoms with Crippen molar-refractivity contribution < 1.29 is 4.79 Å². The molecule has 0 aliphatic carbocycles. The molecule has 0 radical (unpaired) electrons. The van der Waals surface area contributed by atoms with Gasteiger partial charge in [-0.05, 0) is 25.0 Å². The molecule has 0 unspecified atom stereocenters. The molecule has 2 aromatic rings. The maximum absolute atomic E-state index is 12.7. The number of nitrogens with one attached hydrogen (secondary N) is 1. The number of hydrogen-bond donors (Lipinski definition) is 1. The van der Waals surface area contributed by atoms with Crippen molar-refractivity contribution in [2.45, 2.75) is 12.8 Å². The minimum absolute atomic E-state index is 0.0720. The number of anilines is 3. The van der Waals surface area contributed by atoms with Gasteiger partial charge in [0.1, 0.15) is 5.82 Å². The Morgan fingerprint density at radius 1 is 0.923 bits per heavy atom. The summed E-state index contributed by atoms with van der Waals surface area (Å²) < 4.78 is 0. The number of amides is 2. The SMILES string of the molecule is O=C(Nc1cccnc1N1CCCC1)N1CCN(c2cnccn2)CC1. The van der Waals surface area contributed by atoms with Gasteiger partial charge in [0.25, 0.3) is 0 Å². The van der Waals surface area contributed by atoms with Gasteiger partial charge in [0.2, 0.25) is 0 Å². The van der Waals surface area contributed by atoms with E-state index in [2.05, 4.69) is 30.1 Å². The van der Waals surface area contributed by atoms with Gasteiger partial charge in [-0.15, -0.1) is 0 Å². The highest BCUT2D eigenvalue weighted by Gasteiger charge is 2.24. The van der Waals surface area contributed by atoms with Crippen LogP contribution in [0.1, 0.15) is 12.8 Å². The zero-order valence-corrected chi connectivity index (χ0v) is 14.7. The lowest BCUT2D eigenvalue weighted by molar-refractivity contribution is 0.208. The molecule has 2 aliphatic rings. The third-order valence-corrected chi connectivity index (χ3v) is 4.87. The second-order valence-electron chi connectivity index (χ2n) is 6.54. The monoisotopic (exact) mass is 353 g/mol. The third kappa shape index (κ3) is 3.54. The number of urea groups is 1. The van der Waals surface area contributed by atoms with E-state index in [4.69, 9.17) is 0 Å². The van der Waals surface area contributed by atoms with E-state index in [1.165, 1.54) is 12.8 Å². The molecule has 2 amide bonds. The molecule has 0 aromatic carbocycles. The van der Waals surface area contributed by atoms with Crippen molar-refractivity contribution in [1.82, 2.24) is 19.9 Å². The molecule has 1 N–H and O–H groups in total. The molecule has 2 aliphatic heterocycles. The van der Waals surface area contributed by atoms with Crippen LogP contribution in [0.5, 0.6) is 0 Å². The van der Waals surface area contributed by atoms with Gasteiger partial charge in [0.05, 0.1) is 11.9 Å². The summed E-state index contributed by atoms with van der Waals surface area (Å²) in [4.78, 5) is 31.8. The van der Waals surface area contributed by atoms with Gasteiger partial charge >= 0.3 is 6.03 Å². The van der Waals surface area contributed by atoms with E-state index < -0.39 is 0 Å². The molecule has 0 bridgehead atoms. The van der Waals surface area contributed by atoms with E-state index >= 15 is 0 Å². The third-order valence-electron chi connectivity index (χ3n) is 4.87. The molecular weight excluding hydrogens is 330 g/mol. The highest BCUT2D eigenvalue weighted by atomic mass is 16.2. The van der Waals surface area contributed by atoms with E-state index in [0.29, 0.717) is 13.1 Å². The molecule has 4 heterocycles. The molecule has 8 heteroatoms. The van der Waals surface area contributed by atoms with Gasteiger partial charge < -0.3 is 20.0 Å². The van der Waals surface area contributed by atoms with Crippen LogP contribution < -0.4 is 15.1 Å². The summed E-state index contributed by atoms with van der Waals surface area (Å²) in [7, 11) is 0. The van der Waals surface area contributed by atoms with Crippen molar-refractivity contribution in [3.05, 3.63) is 36.9 Å². The Balaban J connectivity index is 1.38. The van der Waals surface area contributed by atoms with E-state index in [1.54, 1.807) is 24.8 Å². The molecular formula is C18H23N7O. The average Bonchev–Trinajstić information content (AvgIpc) is 3.24. The lowest BCUT2D eigenvalue weighted by Gasteiger charge is -2.35. The first-order valence-electron chi connectivity index (χ1n) is 9.08. The summed E-state index contributed by atoms with van der Waals surface area (Å²) in [5.74, 6) is 1.73. The maximum atomic E-state index is 12.7. The molecule has 26 heavy (non-hydrogen) atoms. The second kappa shape index (κ2) is 7.55. The van der Waals surface area contributed by atoms with Gasteiger partial charge in [0, 0.05) is 57.9 Å². The lowest BCUT2D eigenvalue weighted by Crippen LogP contribution is -2.50. The van der Waals surface area contributed by atoms with Crippen molar-refractivity contribution in [2.24, 2.45) is 0 Å². The second-order valence-corrected chi connectivity index (χ2v) is 6.54. The largest absolute Gasteiger partial charge is 0.355 e. The lowest BCUT2D eigenvalue weighted by atomic mass is 10.3. The van der Waals surface area contributed by atoms with Crippen LogP contribution in [0.2, 0.25) is 0 Å². The first kappa shape index (κ1) is 16.6. The fourth-order valence-electron chi connectivity index (χ4n) is 3.46. The molecule has 2 fully saturated rings. The maximum Gasteiger partial charge on any atom is 0.322 e. The normalized spacial score (nSPS) is 17.5.